The number of rotatable bonds is 3. The minimum absolute atomic E-state index is 0.0838. The Kier molecular flexibility index (Phi) is 2.70. The molecular weight excluding hydrogens is 193 g/mol. The fourth-order valence-electron chi connectivity index (χ4n) is 1.94. The van der Waals surface area contributed by atoms with E-state index < -0.39 is 12.1 Å². The van der Waals surface area contributed by atoms with Crippen LogP contribution in [-0.4, -0.2) is 31.9 Å². The molecule has 82 valence electrons. The maximum absolute atomic E-state index is 12.5. The molecule has 1 saturated heterocycles. The molecule has 2 atom stereocenters. The van der Waals surface area contributed by atoms with Crippen LogP contribution in [0, 0.1) is 11.8 Å². The monoisotopic (exact) mass is 208 g/mol. The average Bonchev–Trinajstić information content (AvgIpc) is 2.77. The Bertz CT molecular complexity index is 201. The zero-order chi connectivity index (χ0) is 10.2. The number of hydrogen-bond donors (Lipinski definition) is 2. The van der Waals surface area contributed by atoms with Crippen molar-refractivity contribution in [3.8, 4) is 0 Å². The topological polar surface area (TPSA) is 24.1 Å². The number of nitrogens with one attached hydrogen (secondary N) is 2. The molecule has 0 bridgehead atoms. The summed E-state index contributed by atoms with van der Waals surface area (Å²) in [6.07, 6.45) is -1.80. The van der Waals surface area contributed by atoms with Gasteiger partial charge in [-0.05, 0) is 25.3 Å². The van der Waals surface area contributed by atoms with Gasteiger partial charge in [0.1, 0.15) is 0 Å². The molecule has 0 aromatic carbocycles. The average molecular weight is 208 g/mol. The summed E-state index contributed by atoms with van der Waals surface area (Å²) in [5.41, 5.74) is 0. The first-order chi connectivity index (χ1) is 6.57. The van der Waals surface area contributed by atoms with E-state index in [0.717, 1.165) is 12.8 Å². The maximum Gasteiger partial charge on any atom is 0.393 e. The van der Waals surface area contributed by atoms with Crippen LogP contribution in [0.2, 0.25) is 0 Å². The lowest BCUT2D eigenvalue weighted by molar-refractivity contribution is -0.178. The molecule has 0 aromatic heterocycles. The van der Waals surface area contributed by atoms with Gasteiger partial charge in [-0.25, -0.2) is 0 Å². The highest BCUT2D eigenvalue weighted by Crippen LogP contribution is 2.34. The zero-order valence-electron chi connectivity index (χ0n) is 7.90. The van der Waals surface area contributed by atoms with E-state index in [-0.39, 0.29) is 12.5 Å². The van der Waals surface area contributed by atoms with Crippen LogP contribution in [0.1, 0.15) is 12.8 Å². The highest BCUT2D eigenvalue weighted by atomic mass is 19.4. The summed E-state index contributed by atoms with van der Waals surface area (Å²) in [4.78, 5) is 0. The first-order valence-electron chi connectivity index (χ1n) is 5.08. The van der Waals surface area contributed by atoms with Crippen LogP contribution in [0.25, 0.3) is 0 Å². The molecule has 0 aromatic rings. The fraction of sp³-hybridized carbons (Fsp3) is 1.00. The van der Waals surface area contributed by atoms with Crippen molar-refractivity contribution in [2.75, 3.05) is 19.6 Å². The van der Waals surface area contributed by atoms with Crippen LogP contribution in [0.5, 0.6) is 0 Å². The van der Waals surface area contributed by atoms with Crippen molar-refractivity contribution >= 4 is 0 Å². The summed E-state index contributed by atoms with van der Waals surface area (Å²) in [6.45, 7) is 1.08. The predicted molar refractivity (Wildman–Crippen MR) is 46.9 cm³/mol. The Hall–Kier alpha value is -0.290. The third-order valence-corrected chi connectivity index (χ3v) is 3.01. The Morgan fingerprint density at radius 3 is 2.50 bits per heavy atom. The van der Waals surface area contributed by atoms with Gasteiger partial charge in [0, 0.05) is 19.1 Å². The summed E-state index contributed by atoms with van der Waals surface area (Å²) in [7, 11) is 0. The van der Waals surface area contributed by atoms with Crippen molar-refractivity contribution in [2.45, 2.75) is 25.1 Å². The van der Waals surface area contributed by atoms with Gasteiger partial charge in [-0.2, -0.15) is 13.2 Å². The maximum atomic E-state index is 12.5. The Labute approximate surface area is 81.2 Å². The molecule has 5 heteroatoms. The molecule has 0 unspecified atom stereocenters. The molecule has 1 saturated carbocycles. The zero-order valence-corrected chi connectivity index (χ0v) is 7.90. The normalized spacial score (nSPS) is 33.6. The molecule has 1 heterocycles. The SMILES string of the molecule is FC(F)(F)[C@H]1CNC[C@@H]1CNC1CC1. The van der Waals surface area contributed by atoms with Crippen LogP contribution in [0.4, 0.5) is 13.2 Å². The molecule has 14 heavy (non-hydrogen) atoms. The smallest absolute Gasteiger partial charge is 0.316 e. The fourth-order valence-corrected chi connectivity index (χ4v) is 1.94. The number of alkyl halides is 3. The van der Waals surface area contributed by atoms with Gasteiger partial charge in [0.05, 0.1) is 5.92 Å². The molecule has 0 spiro atoms. The Balaban J connectivity index is 1.82. The van der Waals surface area contributed by atoms with Gasteiger partial charge in [-0.3, -0.25) is 0 Å². The molecule has 2 nitrogen and oxygen atoms in total. The number of hydrogen-bond acceptors (Lipinski definition) is 2. The van der Waals surface area contributed by atoms with E-state index >= 15 is 0 Å². The van der Waals surface area contributed by atoms with Gasteiger partial charge >= 0.3 is 6.18 Å². The minimum Gasteiger partial charge on any atom is -0.316 e. The second-order valence-corrected chi connectivity index (χ2v) is 4.25. The predicted octanol–water partition coefficient (Wildman–Crippen LogP) is 1.14. The van der Waals surface area contributed by atoms with Crippen molar-refractivity contribution in [2.24, 2.45) is 11.8 Å². The van der Waals surface area contributed by atoms with E-state index in [9.17, 15) is 13.2 Å². The van der Waals surface area contributed by atoms with Crippen LogP contribution in [0.15, 0.2) is 0 Å². The minimum atomic E-state index is -4.04. The summed E-state index contributed by atoms with van der Waals surface area (Å²) in [5, 5.41) is 5.97. The second kappa shape index (κ2) is 3.70. The van der Waals surface area contributed by atoms with E-state index in [1.165, 1.54) is 0 Å². The summed E-state index contributed by atoms with van der Waals surface area (Å²) in [6, 6.07) is 0.490. The number of halogens is 3. The molecular formula is C9H15F3N2. The standard InChI is InChI=1S/C9H15F3N2/c10-9(11,12)8-5-13-3-6(8)4-14-7-1-2-7/h6-8,13-14H,1-5H2/t6-,8+/m1/s1. The van der Waals surface area contributed by atoms with E-state index in [1.54, 1.807) is 0 Å². The third kappa shape index (κ3) is 2.39. The van der Waals surface area contributed by atoms with Gasteiger partial charge in [0.2, 0.25) is 0 Å². The van der Waals surface area contributed by atoms with Gasteiger partial charge < -0.3 is 10.6 Å². The lowest BCUT2D eigenvalue weighted by atomic mass is 9.95. The van der Waals surface area contributed by atoms with Crippen molar-refractivity contribution in [1.82, 2.24) is 10.6 Å². The highest BCUT2D eigenvalue weighted by Gasteiger charge is 2.47. The molecule has 1 aliphatic carbocycles. The molecule has 2 aliphatic rings. The van der Waals surface area contributed by atoms with Crippen LogP contribution >= 0.6 is 0 Å². The molecule has 0 amide bonds. The Morgan fingerprint density at radius 2 is 1.93 bits per heavy atom. The molecule has 2 fully saturated rings. The van der Waals surface area contributed by atoms with Gasteiger partial charge in [-0.1, -0.05) is 0 Å². The quantitative estimate of drug-likeness (QED) is 0.726. The summed E-state index contributed by atoms with van der Waals surface area (Å²) >= 11 is 0. The van der Waals surface area contributed by atoms with Crippen molar-refractivity contribution in [1.29, 1.82) is 0 Å². The van der Waals surface area contributed by atoms with E-state index in [2.05, 4.69) is 10.6 Å². The lowest BCUT2D eigenvalue weighted by Crippen LogP contribution is -2.36. The molecule has 0 radical (unpaired) electrons. The van der Waals surface area contributed by atoms with Crippen molar-refractivity contribution in [3.63, 3.8) is 0 Å². The van der Waals surface area contributed by atoms with Gasteiger partial charge in [0.25, 0.3) is 0 Å². The van der Waals surface area contributed by atoms with Crippen LogP contribution in [0.3, 0.4) is 0 Å². The van der Waals surface area contributed by atoms with Crippen LogP contribution in [-0.2, 0) is 0 Å². The van der Waals surface area contributed by atoms with Gasteiger partial charge in [-0.15, -0.1) is 0 Å². The highest BCUT2D eigenvalue weighted by molar-refractivity contribution is 4.89. The molecule has 2 rings (SSSR count). The van der Waals surface area contributed by atoms with E-state index in [1.807, 2.05) is 0 Å². The lowest BCUT2D eigenvalue weighted by Gasteiger charge is -2.21. The Morgan fingerprint density at radius 1 is 1.21 bits per heavy atom. The van der Waals surface area contributed by atoms with Crippen LogP contribution < -0.4 is 10.6 Å². The molecule has 2 N–H and O–H groups in total. The van der Waals surface area contributed by atoms with Crippen molar-refractivity contribution < 1.29 is 13.2 Å². The van der Waals surface area contributed by atoms with E-state index in [4.69, 9.17) is 0 Å². The first-order valence-corrected chi connectivity index (χ1v) is 5.08. The largest absolute Gasteiger partial charge is 0.393 e. The van der Waals surface area contributed by atoms with Crippen molar-refractivity contribution in [3.05, 3.63) is 0 Å². The van der Waals surface area contributed by atoms with Gasteiger partial charge in [0.15, 0.2) is 0 Å². The third-order valence-electron chi connectivity index (χ3n) is 3.01. The van der Waals surface area contributed by atoms with E-state index in [0.29, 0.717) is 19.1 Å². The second-order valence-electron chi connectivity index (χ2n) is 4.25. The summed E-state index contributed by atoms with van der Waals surface area (Å²) in [5.74, 6) is -1.44. The first kappa shape index (κ1) is 10.2. The molecule has 1 aliphatic heterocycles. The summed E-state index contributed by atoms with van der Waals surface area (Å²) < 4.78 is 37.4.